The predicted octanol–water partition coefficient (Wildman–Crippen LogP) is 8.84. The second-order valence-corrected chi connectivity index (χ2v) is 16.0. The number of fused-ring (bicyclic) bond motifs is 3. The summed E-state index contributed by atoms with van der Waals surface area (Å²) >= 11 is 0. The van der Waals surface area contributed by atoms with E-state index < -0.39 is 8.07 Å². The van der Waals surface area contributed by atoms with E-state index in [-0.39, 0.29) is 5.41 Å². The molecular weight excluding hydrogens is 440 g/mol. The lowest BCUT2D eigenvalue weighted by Gasteiger charge is -2.37. The molecule has 1 unspecified atom stereocenters. The monoisotopic (exact) mass is 482 g/mol. The van der Waals surface area contributed by atoms with E-state index in [1.165, 1.54) is 38.2 Å². The third-order valence-electron chi connectivity index (χ3n) is 8.30. The van der Waals surface area contributed by atoms with E-state index in [2.05, 4.69) is 110 Å². The van der Waals surface area contributed by atoms with E-state index >= 15 is 0 Å². The van der Waals surface area contributed by atoms with Gasteiger partial charge in [-0.25, -0.2) is 0 Å². The number of ether oxygens (including phenoxy) is 1. The SMILES string of the molecule is C=CCOc1c(C(C)(C)C)cc(C)cc1[Si](CC)(CC)C1=C(C)C(C)c2c1ccc1ccccc21. The highest BCUT2D eigenvalue weighted by Crippen LogP contribution is 2.50. The van der Waals surface area contributed by atoms with Crippen LogP contribution < -0.4 is 9.92 Å². The van der Waals surface area contributed by atoms with Gasteiger partial charge in [0, 0.05) is 5.92 Å². The Bertz CT molecular complexity index is 1300. The van der Waals surface area contributed by atoms with Crippen molar-refractivity contribution in [1.29, 1.82) is 0 Å². The minimum absolute atomic E-state index is 0.000596. The average molecular weight is 483 g/mol. The summed E-state index contributed by atoms with van der Waals surface area (Å²) in [5.41, 5.74) is 7.21. The maximum atomic E-state index is 6.58. The Kier molecular flexibility index (Phi) is 6.90. The summed E-state index contributed by atoms with van der Waals surface area (Å²) in [4.78, 5) is 0. The van der Waals surface area contributed by atoms with Gasteiger partial charge >= 0.3 is 0 Å². The largest absolute Gasteiger partial charge is 0.489 e. The van der Waals surface area contributed by atoms with Gasteiger partial charge in [-0.15, -0.1) is 0 Å². The third kappa shape index (κ3) is 4.10. The molecule has 184 valence electrons. The van der Waals surface area contributed by atoms with Gasteiger partial charge in [-0.3, -0.25) is 0 Å². The Morgan fingerprint density at radius 2 is 1.69 bits per heavy atom. The van der Waals surface area contributed by atoms with Crippen LogP contribution in [0.25, 0.3) is 16.0 Å². The summed E-state index contributed by atoms with van der Waals surface area (Å²) in [6.45, 7) is 23.3. The first kappa shape index (κ1) is 25.5. The molecule has 0 aliphatic heterocycles. The maximum Gasteiger partial charge on any atom is 0.123 e. The first-order valence-corrected chi connectivity index (χ1v) is 15.6. The van der Waals surface area contributed by atoms with Gasteiger partial charge in [0.15, 0.2) is 0 Å². The van der Waals surface area contributed by atoms with E-state index in [4.69, 9.17) is 4.74 Å². The second-order valence-electron chi connectivity index (χ2n) is 11.4. The van der Waals surface area contributed by atoms with Gasteiger partial charge in [0.05, 0.1) is 0 Å². The van der Waals surface area contributed by atoms with Gasteiger partial charge < -0.3 is 4.74 Å². The number of hydrogen-bond acceptors (Lipinski definition) is 1. The van der Waals surface area contributed by atoms with Crippen LogP contribution in [0.5, 0.6) is 5.75 Å². The van der Waals surface area contributed by atoms with Crippen LogP contribution in [0.1, 0.15) is 76.6 Å². The van der Waals surface area contributed by atoms with Crippen molar-refractivity contribution in [1.82, 2.24) is 0 Å². The van der Waals surface area contributed by atoms with Crippen molar-refractivity contribution in [2.45, 2.75) is 78.8 Å². The predicted molar refractivity (Wildman–Crippen MR) is 157 cm³/mol. The fraction of sp³-hybridized carbons (Fsp3) is 0.394. The molecular formula is C33H42OSi. The van der Waals surface area contributed by atoms with E-state index in [1.54, 1.807) is 10.8 Å². The molecule has 0 heterocycles. The lowest BCUT2D eigenvalue weighted by Crippen LogP contribution is -2.49. The minimum Gasteiger partial charge on any atom is -0.489 e. The molecule has 1 aliphatic carbocycles. The lowest BCUT2D eigenvalue weighted by atomic mass is 9.85. The Hall–Kier alpha value is -2.58. The fourth-order valence-electron chi connectivity index (χ4n) is 6.36. The summed E-state index contributed by atoms with van der Waals surface area (Å²) in [5, 5.41) is 5.86. The van der Waals surface area contributed by atoms with Gasteiger partial charge in [-0.05, 0) is 57.1 Å². The summed E-state index contributed by atoms with van der Waals surface area (Å²) < 4.78 is 6.58. The molecule has 1 nitrogen and oxygen atoms in total. The third-order valence-corrected chi connectivity index (χ3v) is 13.7. The van der Waals surface area contributed by atoms with Crippen LogP contribution in [-0.4, -0.2) is 14.7 Å². The minimum atomic E-state index is -2.15. The molecule has 0 aromatic heterocycles. The molecule has 3 aromatic carbocycles. The van der Waals surface area contributed by atoms with Crippen molar-refractivity contribution in [2.75, 3.05) is 6.61 Å². The number of hydrogen-bond donors (Lipinski definition) is 0. The van der Waals surface area contributed by atoms with Crippen LogP contribution >= 0.6 is 0 Å². The van der Waals surface area contributed by atoms with Gasteiger partial charge in [0.25, 0.3) is 0 Å². The quantitative estimate of drug-likeness (QED) is 0.241. The maximum absolute atomic E-state index is 6.58. The average Bonchev–Trinajstić information content (AvgIpc) is 3.10. The molecule has 0 radical (unpaired) electrons. The van der Waals surface area contributed by atoms with Crippen LogP contribution in [0, 0.1) is 6.92 Å². The molecule has 0 fully saturated rings. The zero-order valence-corrected chi connectivity index (χ0v) is 24.0. The van der Waals surface area contributed by atoms with E-state index in [9.17, 15) is 0 Å². The Labute approximate surface area is 213 Å². The highest BCUT2D eigenvalue weighted by atomic mass is 28.3. The summed E-state index contributed by atoms with van der Waals surface area (Å²) in [5.74, 6) is 1.54. The number of benzene rings is 3. The van der Waals surface area contributed by atoms with Gasteiger partial charge in [0.1, 0.15) is 20.4 Å². The molecule has 0 saturated heterocycles. The summed E-state index contributed by atoms with van der Waals surface area (Å²) in [7, 11) is -2.15. The lowest BCUT2D eigenvalue weighted by molar-refractivity contribution is 0.353. The molecule has 35 heavy (non-hydrogen) atoms. The highest BCUT2D eigenvalue weighted by molar-refractivity contribution is 7.07. The number of allylic oxidation sites excluding steroid dienone is 1. The van der Waals surface area contributed by atoms with Crippen LogP contribution in [-0.2, 0) is 5.41 Å². The van der Waals surface area contributed by atoms with Gasteiger partial charge in [-0.1, -0.05) is 126 Å². The Morgan fingerprint density at radius 1 is 1.00 bits per heavy atom. The molecule has 0 N–H and O–H groups in total. The Morgan fingerprint density at radius 3 is 2.31 bits per heavy atom. The van der Waals surface area contributed by atoms with Crippen molar-refractivity contribution in [3.63, 3.8) is 0 Å². The molecule has 3 aromatic rings. The van der Waals surface area contributed by atoms with Gasteiger partial charge in [0.2, 0.25) is 0 Å². The van der Waals surface area contributed by atoms with Gasteiger partial charge in [-0.2, -0.15) is 0 Å². The summed E-state index contributed by atoms with van der Waals surface area (Å²) in [6.07, 6.45) is 1.88. The summed E-state index contributed by atoms with van der Waals surface area (Å²) in [6, 6.07) is 20.7. The number of rotatable bonds is 7. The molecule has 2 heteroatoms. The van der Waals surface area contributed by atoms with E-state index in [0.29, 0.717) is 12.5 Å². The molecule has 1 atom stereocenters. The van der Waals surface area contributed by atoms with Crippen molar-refractivity contribution in [2.24, 2.45) is 0 Å². The van der Waals surface area contributed by atoms with E-state index in [0.717, 1.165) is 17.8 Å². The zero-order chi connectivity index (χ0) is 25.5. The first-order valence-electron chi connectivity index (χ1n) is 13.2. The van der Waals surface area contributed by atoms with Crippen molar-refractivity contribution >= 4 is 29.2 Å². The first-order chi connectivity index (χ1) is 16.6. The van der Waals surface area contributed by atoms with Crippen molar-refractivity contribution < 1.29 is 4.74 Å². The van der Waals surface area contributed by atoms with Crippen LogP contribution in [0.2, 0.25) is 12.1 Å². The zero-order valence-electron chi connectivity index (χ0n) is 23.0. The second kappa shape index (κ2) is 9.46. The Balaban J connectivity index is 2.07. The topological polar surface area (TPSA) is 9.23 Å². The molecule has 0 spiro atoms. The van der Waals surface area contributed by atoms with Crippen LogP contribution in [0.15, 0.2) is 66.8 Å². The van der Waals surface area contributed by atoms with Crippen LogP contribution in [0.4, 0.5) is 0 Å². The van der Waals surface area contributed by atoms with Crippen molar-refractivity contribution in [3.8, 4) is 5.75 Å². The van der Waals surface area contributed by atoms with Crippen molar-refractivity contribution in [3.05, 3.63) is 89.0 Å². The standard InChI is InChI=1S/C33H42OSi/c1-10-19-34-31-28(33(7,8)9)20-22(4)21-29(31)35(11-2,12-3)32-24(6)23(5)30-26-16-14-13-15-25(26)17-18-27(30)32/h10,13-18,20-21,23H,1,11-12,19H2,2-9H3. The molecule has 0 saturated carbocycles. The fourth-order valence-corrected chi connectivity index (χ4v) is 11.5. The molecule has 4 rings (SSSR count). The number of aryl methyl sites for hydroxylation is 1. The molecule has 0 bridgehead atoms. The highest BCUT2D eigenvalue weighted by Gasteiger charge is 2.45. The van der Waals surface area contributed by atoms with E-state index in [1.807, 2.05) is 6.08 Å². The molecule has 1 aliphatic rings. The smallest absolute Gasteiger partial charge is 0.123 e. The normalized spacial score (nSPS) is 16.1. The van der Waals surface area contributed by atoms with Crippen LogP contribution in [0.3, 0.4) is 0 Å². The molecule has 0 amide bonds.